The molecule has 0 bridgehead atoms. The smallest absolute Gasteiger partial charge is 0.102 e. The van der Waals surface area contributed by atoms with Gasteiger partial charge in [-0.05, 0) is 12.1 Å². The zero-order valence-electron chi connectivity index (χ0n) is 7.13. The molecule has 1 rings (SSSR count). The number of aromatic nitrogens is 1. The number of halogens is 1. The molecule has 1 heterocycles. The van der Waals surface area contributed by atoms with Crippen molar-refractivity contribution in [2.45, 2.75) is 12.3 Å². The molecule has 66 valence electrons. The van der Waals surface area contributed by atoms with E-state index < -0.39 is 12.1 Å². The third-order valence-corrected chi connectivity index (χ3v) is 2.03. The molecule has 0 saturated heterocycles. The van der Waals surface area contributed by atoms with Crippen LogP contribution in [-0.2, 0) is 5.41 Å². The SMILES string of the molecule is CC(CN)(CF)c1ccccn1. The Bertz CT molecular complexity index is 232. The fourth-order valence-electron chi connectivity index (χ4n) is 0.947. The number of alkyl halides is 1. The molecule has 0 aliphatic rings. The number of pyridine rings is 1. The summed E-state index contributed by atoms with van der Waals surface area (Å²) >= 11 is 0. The van der Waals surface area contributed by atoms with Crippen molar-refractivity contribution in [3.8, 4) is 0 Å². The van der Waals surface area contributed by atoms with Crippen LogP contribution in [0.5, 0.6) is 0 Å². The zero-order chi connectivity index (χ0) is 9.03. The molecule has 1 aromatic heterocycles. The van der Waals surface area contributed by atoms with E-state index in [-0.39, 0.29) is 6.54 Å². The first kappa shape index (κ1) is 9.13. The van der Waals surface area contributed by atoms with E-state index in [1.165, 1.54) is 0 Å². The minimum absolute atomic E-state index is 0.278. The van der Waals surface area contributed by atoms with Crippen LogP contribution in [-0.4, -0.2) is 18.2 Å². The quantitative estimate of drug-likeness (QED) is 0.738. The molecule has 1 atom stereocenters. The average Bonchev–Trinajstić information content (AvgIpc) is 2.18. The van der Waals surface area contributed by atoms with E-state index in [1.807, 2.05) is 6.07 Å². The predicted molar refractivity (Wildman–Crippen MR) is 46.6 cm³/mol. The van der Waals surface area contributed by atoms with E-state index in [1.54, 1.807) is 25.3 Å². The Labute approximate surface area is 71.6 Å². The van der Waals surface area contributed by atoms with E-state index in [0.717, 1.165) is 5.69 Å². The first-order chi connectivity index (χ1) is 5.73. The predicted octanol–water partition coefficient (Wildman–Crippen LogP) is 1.27. The maximum atomic E-state index is 12.6. The molecule has 0 aromatic carbocycles. The van der Waals surface area contributed by atoms with Crippen molar-refractivity contribution in [2.75, 3.05) is 13.2 Å². The molecule has 0 aliphatic carbocycles. The summed E-state index contributed by atoms with van der Waals surface area (Å²) in [5, 5.41) is 0. The Kier molecular flexibility index (Phi) is 2.76. The van der Waals surface area contributed by atoms with Gasteiger partial charge in [-0.1, -0.05) is 13.0 Å². The van der Waals surface area contributed by atoms with Crippen LogP contribution in [0.3, 0.4) is 0 Å². The summed E-state index contributed by atoms with van der Waals surface area (Å²) in [6, 6.07) is 5.44. The Balaban J connectivity index is 2.95. The fourth-order valence-corrected chi connectivity index (χ4v) is 0.947. The lowest BCUT2D eigenvalue weighted by atomic mass is 9.88. The third-order valence-electron chi connectivity index (χ3n) is 2.03. The van der Waals surface area contributed by atoms with Gasteiger partial charge in [0.15, 0.2) is 0 Å². The molecule has 0 fully saturated rings. The Morgan fingerprint density at radius 1 is 1.58 bits per heavy atom. The second-order valence-corrected chi connectivity index (χ2v) is 3.11. The van der Waals surface area contributed by atoms with Gasteiger partial charge in [-0.25, -0.2) is 0 Å². The summed E-state index contributed by atoms with van der Waals surface area (Å²) in [6.07, 6.45) is 1.65. The summed E-state index contributed by atoms with van der Waals surface area (Å²) in [4.78, 5) is 4.07. The molecule has 0 radical (unpaired) electrons. The molecular weight excluding hydrogens is 155 g/mol. The largest absolute Gasteiger partial charge is 0.329 e. The number of rotatable bonds is 3. The lowest BCUT2D eigenvalue weighted by Crippen LogP contribution is -2.34. The van der Waals surface area contributed by atoms with Gasteiger partial charge in [0.25, 0.3) is 0 Å². The summed E-state index contributed by atoms with van der Waals surface area (Å²) in [5.41, 5.74) is 5.56. The lowest BCUT2D eigenvalue weighted by Gasteiger charge is -2.22. The number of nitrogens with two attached hydrogens (primary N) is 1. The van der Waals surface area contributed by atoms with Crippen molar-refractivity contribution < 1.29 is 4.39 Å². The first-order valence-corrected chi connectivity index (χ1v) is 3.90. The van der Waals surface area contributed by atoms with Gasteiger partial charge in [-0.3, -0.25) is 9.37 Å². The Morgan fingerprint density at radius 3 is 2.75 bits per heavy atom. The van der Waals surface area contributed by atoms with Crippen LogP contribution in [0.25, 0.3) is 0 Å². The van der Waals surface area contributed by atoms with Crippen molar-refractivity contribution in [1.29, 1.82) is 0 Å². The Morgan fingerprint density at radius 2 is 2.33 bits per heavy atom. The molecule has 0 aliphatic heterocycles. The molecule has 3 heteroatoms. The minimum Gasteiger partial charge on any atom is -0.329 e. The van der Waals surface area contributed by atoms with Crippen LogP contribution in [0.4, 0.5) is 4.39 Å². The number of hydrogen-bond donors (Lipinski definition) is 1. The topological polar surface area (TPSA) is 38.9 Å². The summed E-state index contributed by atoms with van der Waals surface area (Å²) in [5.74, 6) is 0. The summed E-state index contributed by atoms with van der Waals surface area (Å²) in [6.45, 7) is 1.58. The van der Waals surface area contributed by atoms with Gasteiger partial charge in [0.1, 0.15) is 6.67 Å². The molecule has 1 aromatic rings. The van der Waals surface area contributed by atoms with Crippen molar-refractivity contribution >= 4 is 0 Å². The highest BCUT2D eigenvalue weighted by Crippen LogP contribution is 2.20. The highest BCUT2D eigenvalue weighted by Gasteiger charge is 2.25. The van der Waals surface area contributed by atoms with Gasteiger partial charge in [0, 0.05) is 12.7 Å². The van der Waals surface area contributed by atoms with Crippen LogP contribution >= 0.6 is 0 Å². The van der Waals surface area contributed by atoms with Gasteiger partial charge in [-0.2, -0.15) is 0 Å². The van der Waals surface area contributed by atoms with Crippen molar-refractivity contribution in [3.63, 3.8) is 0 Å². The zero-order valence-corrected chi connectivity index (χ0v) is 7.13. The van der Waals surface area contributed by atoms with Gasteiger partial charge < -0.3 is 5.73 Å². The monoisotopic (exact) mass is 168 g/mol. The van der Waals surface area contributed by atoms with Gasteiger partial charge in [0.05, 0.1) is 11.1 Å². The molecule has 0 saturated carbocycles. The molecular formula is C9H13FN2. The maximum absolute atomic E-state index is 12.6. The minimum atomic E-state index is -0.624. The first-order valence-electron chi connectivity index (χ1n) is 3.90. The van der Waals surface area contributed by atoms with Gasteiger partial charge in [0.2, 0.25) is 0 Å². The fraction of sp³-hybridized carbons (Fsp3) is 0.444. The number of hydrogen-bond acceptors (Lipinski definition) is 2. The van der Waals surface area contributed by atoms with E-state index in [4.69, 9.17) is 5.73 Å². The Hall–Kier alpha value is -0.960. The third kappa shape index (κ3) is 1.61. The average molecular weight is 168 g/mol. The molecule has 0 amide bonds. The molecule has 2 N–H and O–H groups in total. The van der Waals surface area contributed by atoms with Crippen LogP contribution in [0.2, 0.25) is 0 Å². The van der Waals surface area contributed by atoms with E-state index in [9.17, 15) is 4.39 Å². The van der Waals surface area contributed by atoms with Crippen LogP contribution < -0.4 is 5.73 Å². The molecule has 2 nitrogen and oxygen atoms in total. The van der Waals surface area contributed by atoms with E-state index in [2.05, 4.69) is 4.98 Å². The molecule has 1 unspecified atom stereocenters. The second kappa shape index (κ2) is 3.63. The highest BCUT2D eigenvalue weighted by atomic mass is 19.1. The van der Waals surface area contributed by atoms with Crippen molar-refractivity contribution in [2.24, 2.45) is 5.73 Å². The highest BCUT2D eigenvalue weighted by molar-refractivity contribution is 5.16. The normalized spacial score (nSPS) is 15.6. The standard InChI is InChI=1S/C9H13FN2/c1-9(6-10,7-11)8-4-2-3-5-12-8/h2-5H,6-7,11H2,1H3. The maximum Gasteiger partial charge on any atom is 0.102 e. The van der Waals surface area contributed by atoms with Crippen molar-refractivity contribution in [1.82, 2.24) is 4.98 Å². The summed E-state index contributed by atoms with van der Waals surface area (Å²) < 4.78 is 12.6. The van der Waals surface area contributed by atoms with Crippen LogP contribution in [0, 0.1) is 0 Å². The second-order valence-electron chi connectivity index (χ2n) is 3.11. The molecule has 0 spiro atoms. The van der Waals surface area contributed by atoms with Gasteiger partial charge >= 0.3 is 0 Å². The summed E-state index contributed by atoms with van der Waals surface area (Å²) in [7, 11) is 0. The van der Waals surface area contributed by atoms with Gasteiger partial charge in [-0.15, -0.1) is 0 Å². The molecule has 12 heavy (non-hydrogen) atoms. The van der Waals surface area contributed by atoms with Crippen LogP contribution in [0.1, 0.15) is 12.6 Å². The van der Waals surface area contributed by atoms with Crippen LogP contribution in [0.15, 0.2) is 24.4 Å². The van der Waals surface area contributed by atoms with E-state index in [0.29, 0.717) is 0 Å². The number of nitrogens with zero attached hydrogens (tertiary/aromatic N) is 1. The van der Waals surface area contributed by atoms with Crippen molar-refractivity contribution in [3.05, 3.63) is 30.1 Å². The lowest BCUT2D eigenvalue weighted by molar-refractivity contribution is 0.327. The van der Waals surface area contributed by atoms with E-state index >= 15 is 0 Å².